The van der Waals surface area contributed by atoms with Gasteiger partial charge in [-0.25, -0.2) is 23.4 Å². The Morgan fingerprint density at radius 3 is 2.12 bits per heavy atom. The standard InChI is InChI=1S/C24H18N4O3S/c1-32(29,30)21-13-7-17(8-14-21)23-27-22-24(26-16-15-25-22)28(23)18-9-11-20(12-10-18)31-19-5-3-2-4-6-19/h2-16H,1H3. The lowest BCUT2D eigenvalue weighted by atomic mass is 10.2. The van der Waals surface area contributed by atoms with Crippen molar-refractivity contribution in [3.8, 4) is 28.6 Å². The highest BCUT2D eigenvalue weighted by atomic mass is 32.2. The molecule has 0 unspecified atom stereocenters. The number of rotatable bonds is 5. The van der Waals surface area contributed by atoms with Gasteiger partial charge in [-0.05, 0) is 60.7 Å². The largest absolute Gasteiger partial charge is 0.457 e. The number of ether oxygens (including phenoxy) is 1. The van der Waals surface area contributed by atoms with E-state index in [9.17, 15) is 8.42 Å². The number of fused-ring (bicyclic) bond motifs is 1. The first-order valence-electron chi connectivity index (χ1n) is 9.82. The molecule has 0 aliphatic carbocycles. The molecule has 0 aliphatic rings. The Balaban J connectivity index is 1.58. The zero-order valence-electron chi connectivity index (χ0n) is 17.1. The summed E-state index contributed by atoms with van der Waals surface area (Å²) in [5.74, 6) is 2.07. The van der Waals surface area contributed by atoms with Crippen molar-refractivity contribution in [1.29, 1.82) is 0 Å². The van der Waals surface area contributed by atoms with Crippen molar-refractivity contribution in [1.82, 2.24) is 19.5 Å². The highest BCUT2D eigenvalue weighted by molar-refractivity contribution is 7.90. The van der Waals surface area contributed by atoms with Gasteiger partial charge >= 0.3 is 0 Å². The van der Waals surface area contributed by atoms with Crippen LogP contribution < -0.4 is 4.74 Å². The van der Waals surface area contributed by atoms with Crippen LogP contribution in [0.5, 0.6) is 11.5 Å². The first kappa shape index (κ1) is 19.9. The fourth-order valence-electron chi connectivity index (χ4n) is 3.39. The van der Waals surface area contributed by atoms with Gasteiger partial charge in [0.1, 0.15) is 17.3 Å². The number of nitrogens with zero attached hydrogens (tertiary/aromatic N) is 4. The van der Waals surface area contributed by atoms with Crippen LogP contribution in [0.25, 0.3) is 28.4 Å². The number of hydrogen-bond acceptors (Lipinski definition) is 6. The third-order valence-corrected chi connectivity index (χ3v) is 6.04. The molecule has 0 atom stereocenters. The lowest BCUT2D eigenvalue weighted by molar-refractivity contribution is 0.482. The lowest BCUT2D eigenvalue weighted by Crippen LogP contribution is -2.00. The fraction of sp³-hybridized carbons (Fsp3) is 0.0417. The van der Waals surface area contributed by atoms with Gasteiger partial charge in [-0.15, -0.1) is 0 Å². The number of hydrogen-bond donors (Lipinski definition) is 0. The molecule has 0 bridgehead atoms. The average molecular weight is 443 g/mol. The summed E-state index contributed by atoms with van der Waals surface area (Å²) in [5.41, 5.74) is 2.68. The Labute approximate surface area is 184 Å². The van der Waals surface area contributed by atoms with Crippen molar-refractivity contribution in [2.75, 3.05) is 6.26 Å². The Kier molecular flexibility index (Phi) is 4.91. The van der Waals surface area contributed by atoms with Gasteiger partial charge in [0.15, 0.2) is 21.1 Å². The monoisotopic (exact) mass is 442 g/mol. The van der Waals surface area contributed by atoms with E-state index in [4.69, 9.17) is 4.74 Å². The molecule has 3 aromatic carbocycles. The lowest BCUT2D eigenvalue weighted by Gasteiger charge is -2.11. The van der Waals surface area contributed by atoms with E-state index in [1.54, 1.807) is 36.7 Å². The van der Waals surface area contributed by atoms with E-state index >= 15 is 0 Å². The molecule has 5 aromatic rings. The molecule has 2 aromatic heterocycles. The van der Waals surface area contributed by atoms with E-state index in [2.05, 4.69) is 15.0 Å². The summed E-state index contributed by atoms with van der Waals surface area (Å²) in [6, 6.07) is 23.8. The second-order valence-electron chi connectivity index (χ2n) is 7.18. The number of para-hydroxylation sites is 1. The second-order valence-corrected chi connectivity index (χ2v) is 9.20. The fourth-order valence-corrected chi connectivity index (χ4v) is 4.02. The summed E-state index contributed by atoms with van der Waals surface area (Å²) < 4.78 is 31.4. The molecular weight excluding hydrogens is 424 g/mol. The highest BCUT2D eigenvalue weighted by Crippen LogP contribution is 2.29. The normalized spacial score (nSPS) is 11.5. The molecule has 0 radical (unpaired) electrons. The van der Waals surface area contributed by atoms with Crippen LogP contribution in [0.4, 0.5) is 0 Å². The van der Waals surface area contributed by atoms with Crippen molar-refractivity contribution in [2.24, 2.45) is 0 Å². The quantitative estimate of drug-likeness (QED) is 0.393. The predicted octanol–water partition coefficient (Wildman–Crippen LogP) is 4.68. The number of aromatic nitrogens is 4. The van der Waals surface area contributed by atoms with Crippen molar-refractivity contribution in [2.45, 2.75) is 4.90 Å². The Bertz CT molecular complexity index is 1500. The zero-order valence-corrected chi connectivity index (χ0v) is 17.9. The van der Waals surface area contributed by atoms with Gasteiger partial charge in [-0.1, -0.05) is 18.2 Å². The Morgan fingerprint density at radius 2 is 1.44 bits per heavy atom. The van der Waals surface area contributed by atoms with Gasteiger partial charge < -0.3 is 4.74 Å². The van der Waals surface area contributed by atoms with Crippen LogP contribution in [-0.2, 0) is 9.84 Å². The minimum atomic E-state index is -3.29. The predicted molar refractivity (Wildman–Crippen MR) is 122 cm³/mol. The van der Waals surface area contributed by atoms with Gasteiger partial charge in [0.05, 0.1) is 4.90 Å². The van der Waals surface area contributed by atoms with Gasteiger partial charge in [-0.2, -0.15) is 0 Å². The van der Waals surface area contributed by atoms with Gasteiger partial charge in [-0.3, -0.25) is 4.57 Å². The van der Waals surface area contributed by atoms with Crippen LogP contribution in [0, 0.1) is 0 Å². The topological polar surface area (TPSA) is 87.0 Å². The zero-order chi connectivity index (χ0) is 22.1. The smallest absolute Gasteiger partial charge is 0.198 e. The van der Waals surface area contributed by atoms with E-state index in [1.165, 1.54) is 6.26 Å². The van der Waals surface area contributed by atoms with Crippen molar-refractivity contribution < 1.29 is 13.2 Å². The van der Waals surface area contributed by atoms with Gasteiger partial charge in [0.2, 0.25) is 0 Å². The summed E-state index contributed by atoms with van der Waals surface area (Å²) >= 11 is 0. The van der Waals surface area contributed by atoms with Crippen LogP contribution in [0.1, 0.15) is 0 Å². The molecule has 32 heavy (non-hydrogen) atoms. The summed E-state index contributed by atoms with van der Waals surface area (Å²) in [5, 5.41) is 0. The molecule has 0 spiro atoms. The van der Waals surface area contributed by atoms with Crippen LogP contribution in [0.15, 0.2) is 96.2 Å². The van der Waals surface area contributed by atoms with E-state index in [-0.39, 0.29) is 4.90 Å². The number of imidazole rings is 1. The van der Waals surface area contributed by atoms with Gasteiger partial charge in [0.25, 0.3) is 0 Å². The van der Waals surface area contributed by atoms with E-state index < -0.39 is 9.84 Å². The molecule has 158 valence electrons. The van der Waals surface area contributed by atoms with Crippen LogP contribution >= 0.6 is 0 Å². The summed E-state index contributed by atoms with van der Waals surface area (Å²) in [6.07, 6.45) is 4.39. The summed E-state index contributed by atoms with van der Waals surface area (Å²) in [7, 11) is -3.29. The molecule has 0 amide bonds. The molecule has 0 saturated carbocycles. The van der Waals surface area contributed by atoms with E-state index in [0.29, 0.717) is 22.9 Å². The molecule has 8 heteroatoms. The van der Waals surface area contributed by atoms with Crippen LogP contribution in [0.2, 0.25) is 0 Å². The highest BCUT2D eigenvalue weighted by Gasteiger charge is 2.17. The van der Waals surface area contributed by atoms with E-state index in [1.807, 2.05) is 59.2 Å². The minimum absolute atomic E-state index is 0.252. The Hall–Kier alpha value is -4.04. The molecule has 5 rings (SSSR count). The van der Waals surface area contributed by atoms with Crippen LogP contribution in [0.3, 0.4) is 0 Å². The Morgan fingerprint density at radius 1 is 0.781 bits per heavy atom. The maximum atomic E-state index is 11.8. The van der Waals surface area contributed by atoms with Crippen LogP contribution in [-0.4, -0.2) is 34.2 Å². The molecule has 0 saturated heterocycles. The number of sulfone groups is 1. The third-order valence-electron chi connectivity index (χ3n) is 4.91. The molecule has 7 nitrogen and oxygen atoms in total. The average Bonchev–Trinajstić information content (AvgIpc) is 3.19. The third kappa shape index (κ3) is 3.83. The first-order valence-corrected chi connectivity index (χ1v) is 11.7. The second kappa shape index (κ2) is 7.90. The molecule has 0 N–H and O–H groups in total. The maximum Gasteiger partial charge on any atom is 0.198 e. The first-order chi connectivity index (χ1) is 15.5. The molecule has 0 aliphatic heterocycles. The summed E-state index contributed by atoms with van der Waals surface area (Å²) in [6.45, 7) is 0. The van der Waals surface area contributed by atoms with E-state index in [0.717, 1.165) is 17.0 Å². The van der Waals surface area contributed by atoms with Crippen molar-refractivity contribution in [3.05, 3.63) is 91.3 Å². The maximum absolute atomic E-state index is 11.8. The van der Waals surface area contributed by atoms with Crippen molar-refractivity contribution >= 4 is 21.1 Å². The minimum Gasteiger partial charge on any atom is -0.457 e. The molecule has 0 fully saturated rings. The summed E-state index contributed by atoms with van der Waals surface area (Å²) in [4.78, 5) is 13.7. The molecule has 2 heterocycles. The number of benzene rings is 3. The molecular formula is C24H18N4O3S. The SMILES string of the molecule is CS(=O)(=O)c1ccc(-c2nc3nccnc3n2-c2ccc(Oc3ccccc3)cc2)cc1. The van der Waals surface area contributed by atoms with Crippen molar-refractivity contribution in [3.63, 3.8) is 0 Å². The van der Waals surface area contributed by atoms with Gasteiger partial charge in [0, 0.05) is 29.9 Å².